The van der Waals surface area contributed by atoms with Crippen LogP contribution in [0.1, 0.15) is 5.69 Å². The van der Waals surface area contributed by atoms with E-state index in [1.54, 1.807) is 29.3 Å². The number of benzene rings is 1. The minimum atomic E-state index is -4.48. The quantitative estimate of drug-likeness (QED) is 0.664. The zero-order valence-electron chi connectivity index (χ0n) is 14.0. The molecule has 2 aromatic heterocycles. The smallest absolute Gasteiger partial charge is 0.352 e. The lowest BCUT2D eigenvalue weighted by atomic mass is 10.3. The van der Waals surface area contributed by atoms with E-state index in [0.29, 0.717) is 36.7 Å². The Kier molecular flexibility index (Phi) is 4.47. The van der Waals surface area contributed by atoms with E-state index in [0.717, 1.165) is 23.6 Å². The van der Waals surface area contributed by atoms with E-state index in [1.807, 2.05) is 4.90 Å². The maximum Gasteiger partial charge on any atom is 0.433 e. The molecule has 0 radical (unpaired) electrons. The molecule has 1 fully saturated rings. The molecule has 10 heteroatoms. The van der Waals surface area contributed by atoms with E-state index in [-0.39, 0.29) is 5.95 Å². The zero-order chi connectivity index (χ0) is 19.0. The Morgan fingerprint density at radius 1 is 0.889 bits per heavy atom. The van der Waals surface area contributed by atoms with Crippen molar-refractivity contribution < 1.29 is 13.2 Å². The van der Waals surface area contributed by atoms with Crippen LogP contribution >= 0.6 is 11.6 Å². The molecule has 0 amide bonds. The Morgan fingerprint density at radius 3 is 2.37 bits per heavy atom. The Bertz CT molecular complexity index is 972. The standard InChI is InChI=1S/C17H14ClF3N6/c18-11-1-2-12-13(9-11)23-10-15(24-12)26-5-7-27(8-6-26)16-22-4-3-14(25-16)17(19,20)21/h1-4,9-10H,5-8H2. The average molecular weight is 395 g/mol. The molecule has 0 bridgehead atoms. The van der Waals surface area contributed by atoms with Crippen LogP contribution in [0.4, 0.5) is 24.9 Å². The van der Waals surface area contributed by atoms with Crippen LogP contribution in [0, 0.1) is 0 Å². The highest BCUT2D eigenvalue weighted by atomic mass is 35.5. The first-order chi connectivity index (χ1) is 12.9. The number of aromatic nitrogens is 4. The van der Waals surface area contributed by atoms with Crippen LogP contribution in [0.15, 0.2) is 36.7 Å². The first kappa shape index (κ1) is 17.7. The largest absolute Gasteiger partial charge is 0.433 e. The summed E-state index contributed by atoms with van der Waals surface area (Å²) in [4.78, 5) is 20.4. The van der Waals surface area contributed by atoms with Crippen molar-refractivity contribution in [2.45, 2.75) is 6.18 Å². The van der Waals surface area contributed by atoms with Gasteiger partial charge in [-0.05, 0) is 24.3 Å². The van der Waals surface area contributed by atoms with Crippen molar-refractivity contribution in [1.29, 1.82) is 0 Å². The Hall–Kier alpha value is -2.68. The number of hydrogen-bond donors (Lipinski definition) is 0. The van der Waals surface area contributed by atoms with Gasteiger partial charge in [0.25, 0.3) is 0 Å². The molecule has 1 aliphatic rings. The van der Waals surface area contributed by atoms with E-state index in [9.17, 15) is 13.2 Å². The van der Waals surface area contributed by atoms with Crippen molar-refractivity contribution >= 4 is 34.4 Å². The van der Waals surface area contributed by atoms with Gasteiger partial charge in [-0.2, -0.15) is 13.2 Å². The van der Waals surface area contributed by atoms with Gasteiger partial charge in [0.2, 0.25) is 5.95 Å². The Morgan fingerprint density at radius 2 is 1.63 bits per heavy atom. The molecule has 27 heavy (non-hydrogen) atoms. The summed E-state index contributed by atoms with van der Waals surface area (Å²) >= 11 is 5.95. The third-order valence-corrected chi connectivity index (χ3v) is 4.55. The third-order valence-electron chi connectivity index (χ3n) is 4.31. The first-order valence-corrected chi connectivity index (χ1v) is 8.60. The minimum absolute atomic E-state index is 0.0868. The van der Waals surface area contributed by atoms with Gasteiger partial charge < -0.3 is 9.80 Å². The highest BCUT2D eigenvalue weighted by Gasteiger charge is 2.33. The number of fused-ring (bicyclic) bond motifs is 1. The fourth-order valence-corrected chi connectivity index (χ4v) is 3.09. The van der Waals surface area contributed by atoms with Gasteiger partial charge in [-0.3, -0.25) is 4.98 Å². The van der Waals surface area contributed by atoms with Crippen LogP contribution in [0.5, 0.6) is 0 Å². The molecular formula is C17H14ClF3N6. The van der Waals surface area contributed by atoms with Crippen LogP contribution in [-0.4, -0.2) is 46.1 Å². The number of anilines is 2. The van der Waals surface area contributed by atoms with Gasteiger partial charge in [0.15, 0.2) is 0 Å². The molecule has 0 N–H and O–H groups in total. The third kappa shape index (κ3) is 3.73. The fraction of sp³-hybridized carbons (Fsp3) is 0.294. The van der Waals surface area contributed by atoms with Gasteiger partial charge >= 0.3 is 6.18 Å². The van der Waals surface area contributed by atoms with Crippen LogP contribution in [0.25, 0.3) is 11.0 Å². The van der Waals surface area contributed by atoms with Gasteiger partial charge in [0.1, 0.15) is 11.5 Å². The minimum Gasteiger partial charge on any atom is -0.352 e. The van der Waals surface area contributed by atoms with Gasteiger partial charge in [0, 0.05) is 37.4 Å². The number of nitrogens with zero attached hydrogens (tertiary/aromatic N) is 6. The van der Waals surface area contributed by atoms with E-state index >= 15 is 0 Å². The average Bonchev–Trinajstić information content (AvgIpc) is 2.67. The van der Waals surface area contributed by atoms with Crippen molar-refractivity contribution in [3.05, 3.63) is 47.4 Å². The topological polar surface area (TPSA) is 58.0 Å². The summed E-state index contributed by atoms with van der Waals surface area (Å²) in [5.74, 6) is 0.804. The molecule has 1 saturated heterocycles. The van der Waals surface area contributed by atoms with Gasteiger partial charge in [0.05, 0.1) is 17.2 Å². The van der Waals surface area contributed by atoms with Crippen LogP contribution < -0.4 is 9.80 Å². The van der Waals surface area contributed by atoms with Crippen molar-refractivity contribution in [2.75, 3.05) is 36.0 Å². The molecule has 0 aliphatic carbocycles. The number of hydrogen-bond acceptors (Lipinski definition) is 6. The highest BCUT2D eigenvalue weighted by molar-refractivity contribution is 6.31. The fourth-order valence-electron chi connectivity index (χ4n) is 2.92. The lowest BCUT2D eigenvalue weighted by Crippen LogP contribution is -2.47. The molecule has 3 aromatic rings. The zero-order valence-corrected chi connectivity index (χ0v) is 14.7. The molecule has 4 rings (SSSR count). The summed E-state index contributed by atoms with van der Waals surface area (Å²) < 4.78 is 38.5. The van der Waals surface area contributed by atoms with Gasteiger partial charge in [-0.15, -0.1) is 0 Å². The summed E-state index contributed by atoms with van der Waals surface area (Å²) in [6.07, 6.45) is -1.67. The Balaban J connectivity index is 1.48. The maximum atomic E-state index is 12.8. The number of rotatable bonds is 2. The van der Waals surface area contributed by atoms with E-state index < -0.39 is 11.9 Å². The lowest BCUT2D eigenvalue weighted by molar-refractivity contribution is -0.141. The van der Waals surface area contributed by atoms with Gasteiger partial charge in [-0.25, -0.2) is 15.0 Å². The number of halogens is 4. The lowest BCUT2D eigenvalue weighted by Gasteiger charge is -2.35. The van der Waals surface area contributed by atoms with Crippen molar-refractivity contribution in [2.24, 2.45) is 0 Å². The second kappa shape index (κ2) is 6.80. The van der Waals surface area contributed by atoms with Crippen LogP contribution in [0.3, 0.4) is 0 Å². The summed E-state index contributed by atoms with van der Waals surface area (Å²) in [5.41, 5.74) is 0.511. The molecule has 140 valence electrons. The predicted molar refractivity (Wildman–Crippen MR) is 96.0 cm³/mol. The van der Waals surface area contributed by atoms with Crippen LogP contribution in [-0.2, 0) is 6.18 Å². The molecule has 0 unspecified atom stereocenters. The van der Waals surface area contributed by atoms with Crippen molar-refractivity contribution in [3.8, 4) is 0 Å². The van der Waals surface area contributed by atoms with E-state index in [2.05, 4.69) is 19.9 Å². The molecule has 0 spiro atoms. The second-order valence-electron chi connectivity index (χ2n) is 6.07. The number of alkyl halides is 3. The summed E-state index contributed by atoms with van der Waals surface area (Å²) in [5, 5.41) is 0.597. The highest BCUT2D eigenvalue weighted by Crippen LogP contribution is 2.28. The van der Waals surface area contributed by atoms with E-state index in [4.69, 9.17) is 11.6 Å². The Labute approximate surface area is 157 Å². The van der Waals surface area contributed by atoms with Gasteiger partial charge in [-0.1, -0.05) is 11.6 Å². The molecular weight excluding hydrogens is 381 g/mol. The predicted octanol–water partition coefficient (Wildman–Crippen LogP) is 3.42. The molecule has 3 heterocycles. The summed E-state index contributed by atoms with van der Waals surface area (Å²) in [6.45, 7) is 2.13. The monoisotopic (exact) mass is 394 g/mol. The molecule has 1 aromatic carbocycles. The SMILES string of the molecule is FC(F)(F)c1ccnc(N2CCN(c3cnc4cc(Cl)ccc4n3)CC2)n1. The first-order valence-electron chi connectivity index (χ1n) is 8.22. The molecule has 0 saturated carbocycles. The maximum absolute atomic E-state index is 12.8. The molecule has 6 nitrogen and oxygen atoms in total. The second-order valence-corrected chi connectivity index (χ2v) is 6.51. The normalized spacial score (nSPS) is 15.4. The van der Waals surface area contributed by atoms with Crippen LogP contribution in [0.2, 0.25) is 5.02 Å². The van der Waals surface area contributed by atoms with E-state index in [1.165, 1.54) is 0 Å². The van der Waals surface area contributed by atoms with Crippen molar-refractivity contribution in [3.63, 3.8) is 0 Å². The summed E-state index contributed by atoms with van der Waals surface area (Å²) in [6, 6.07) is 6.18. The molecule has 0 atom stereocenters. The summed E-state index contributed by atoms with van der Waals surface area (Å²) in [7, 11) is 0. The number of piperazine rings is 1. The van der Waals surface area contributed by atoms with Crippen molar-refractivity contribution in [1.82, 2.24) is 19.9 Å². The molecule has 1 aliphatic heterocycles.